The van der Waals surface area contributed by atoms with Gasteiger partial charge in [-0.15, -0.1) is 0 Å². The van der Waals surface area contributed by atoms with Crippen molar-refractivity contribution in [2.45, 2.75) is 25.8 Å². The lowest BCUT2D eigenvalue weighted by molar-refractivity contribution is -0.143. The summed E-state index contributed by atoms with van der Waals surface area (Å²) >= 11 is 0.527. The zero-order valence-electron chi connectivity index (χ0n) is 21.0. The molecule has 12 heteroatoms. The van der Waals surface area contributed by atoms with Crippen molar-refractivity contribution in [3.63, 3.8) is 0 Å². The normalized spacial score (nSPS) is 15.5. The molecule has 2 heterocycles. The van der Waals surface area contributed by atoms with Crippen molar-refractivity contribution in [3.8, 4) is 11.1 Å². The lowest BCUT2D eigenvalue weighted by atomic mass is 9.96. The number of benzene rings is 2. The Labute approximate surface area is 224 Å². The molecular formula is C27H25F6N3O2S. The van der Waals surface area contributed by atoms with Gasteiger partial charge in [0.15, 0.2) is 0 Å². The second-order valence-electron chi connectivity index (χ2n) is 9.20. The standard InChI is InChI=1S/C27H25F6N3O2S/c1-16-5-3-4-6-20(16)21-12-23(36-7-8-39-15-24(36)37)34-13-22(21)25(38)35(2)14-17-9-18(26(28,29)30)11-19(10-17)27(31,32)33/h3-6,9-13H,7-8,14-15,39H2,1-2H3. The van der Waals surface area contributed by atoms with Gasteiger partial charge < -0.3 is 4.90 Å². The van der Waals surface area contributed by atoms with Crippen LogP contribution >= 0.6 is 11.8 Å². The van der Waals surface area contributed by atoms with Gasteiger partial charge in [-0.05, 0) is 59.2 Å². The van der Waals surface area contributed by atoms with Gasteiger partial charge in [0.05, 0.1) is 22.4 Å². The minimum atomic E-state index is -5.00. The highest BCUT2D eigenvalue weighted by molar-refractivity contribution is 8.00. The largest absolute Gasteiger partial charge is 0.416 e. The van der Waals surface area contributed by atoms with Gasteiger partial charge in [-0.1, -0.05) is 24.3 Å². The Kier molecular flexibility index (Phi) is 7.97. The first-order chi connectivity index (χ1) is 18.3. The van der Waals surface area contributed by atoms with Crippen molar-refractivity contribution >= 4 is 29.4 Å². The second-order valence-corrected chi connectivity index (χ2v) is 10.6. The number of carbonyl (C=O) groups is 2. The van der Waals surface area contributed by atoms with Crippen LogP contribution in [0.5, 0.6) is 0 Å². The predicted octanol–water partition coefficient (Wildman–Crippen LogP) is 5.91. The Morgan fingerprint density at radius 2 is 1.64 bits per heavy atom. The van der Waals surface area contributed by atoms with E-state index in [4.69, 9.17) is 0 Å². The fourth-order valence-corrected chi connectivity index (χ4v) is 5.33. The molecule has 2 amide bonds. The van der Waals surface area contributed by atoms with Crippen LogP contribution < -0.4 is 4.90 Å². The first kappa shape index (κ1) is 28.5. The highest BCUT2D eigenvalue weighted by atomic mass is 32.2. The van der Waals surface area contributed by atoms with Crippen LogP contribution in [0.3, 0.4) is 0 Å². The molecule has 0 unspecified atom stereocenters. The number of hydrogen-bond acceptors (Lipinski definition) is 3. The number of amides is 2. The lowest BCUT2D eigenvalue weighted by Crippen LogP contribution is -2.38. The van der Waals surface area contributed by atoms with Gasteiger partial charge >= 0.3 is 12.4 Å². The molecule has 1 saturated heterocycles. The molecule has 0 radical (unpaired) electrons. The minimum Gasteiger partial charge on any atom is -0.337 e. The van der Waals surface area contributed by atoms with Gasteiger partial charge in [0.1, 0.15) is 5.82 Å². The quantitative estimate of drug-likeness (QED) is 0.359. The minimum absolute atomic E-state index is 0.0482. The summed E-state index contributed by atoms with van der Waals surface area (Å²) in [6, 6.07) is 10.1. The van der Waals surface area contributed by atoms with E-state index in [0.29, 0.717) is 53.1 Å². The van der Waals surface area contributed by atoms with E-state index in [1.807, 2.05) is 19.1 Å². The third kappa shape index (κ3) is 6.38. The average molecular weight is 570 g/mol. The van der Waals surface area contributed by atoms with Crippen LogP contribution in [0.1, 0.15) is 32.6 Å². The van der Waals surface area contributed by atoms with Crippen LogP contribution in [0.25, 0.3) is 11.1 Å². The van der Waals surface area contributed by atoms with Gasteiger partial charge in [-0.2, -0.15) is 26.3 Å². The van der Waals surface area contributed by atoms with Crippen molar-refractivity contribution in [2.24, 2.45) is 0 Å². The van der Waals surface area contributed by atoms with Crippen molar-refractivity contribution in [2.75, 3.05) is 30.0 Å². The zero-order valence-corrected chi connectivity index (χ0v) is 22.0. The van der Waals surface area contributed by atoms with E-state index in [0.717, 1.165) is 16.2 Å². The van der Waals surface area contributed by atoms with Crippen molar-refractivity contribution < 1.29 is 35.9 Å². The summed E-state index contributed by atoms with van der Waals surface area (Å²) in [6.45, 7) is 1.82. The van der Waals surface area contributed by atoms with Gasteiger partial charge in [0.2, 0.25) is 5.91 Å². The fraction of sp³-hybridized carbons (Fsp3) is 0.296. The maximum Gasteiger partial charge on any atom is 0.416 e. The Balaban J connectivity index is 1.73. The molecule has 1 aliphatic heterocycles. The molecule has 1 fully saturated rings. The van der Waals surface area contributed by atoms with Gasteiger partial charge in [-0.25, -0.2) is 4.98 Å². The number of nitrogens with zero attached hydrogens (tertiary/aromatic N) is 3. The summed E-state index contributed by atoms with van der Waals surface area (Å²) in [5.74, 6) is 0.873. The Hall–Kier alpha value is -3.54. The van der Waals surface area contributed by atoms with Gasteiger partial charge in [-0.3, -0.25) is 26.3 Å². The monoisotopic (exact) mass is 569 g/mol. The third-order valence-corrected chi connectivity index (χ3v) is 7.46. The molecule has 1 aliphatic rings. The van der Waals surface area contributed by atoms with Crippen LogP contribution in [-0.2, 0) is 23.7 Å². The molecule has 2 aromatic carbocycles. The summed E-state index contributed by atoms with van der Waals surface area (Å²) in [6.07, 6.45) is -8.70. The number of rotatable bonds is 5. The summed E-state index contributed by atoms with van der Waals surface area (Å²) in [7, 11) is 1.29. The smallest absolute Gasteiger partial charge is 0.337 e. The van der Waals surface area contributed by atoms with Crippen molar-refractivity contribution in [1.82, 2.24) is 9.88 Å². The van der Waals surface area contributed by atoms with E-state index >= 15 is 0 Å². The molecule has 39 heavy (non-hydrogen) atoms. The Bertz CT molecular complexity index is 1370. The van der Waals surface area contributed by atoms with Crippen LogP contribution in [-0.4, -0.2) is 46.8 Å². The number of pyridine rings is 1. The van der Waals surface area contributed by atoms with E-state index in [9.17, 15) is 35.9 Å². The molecule has 208 valence electrons. The van der Waals surface area contributed by atoms with Gasteiger partial charge in [0.25, 0.3) is 5.91 Å². The Morgan fingerprint density at radius 1 is 1.00 bits per heavy atom. The first-order valence-corrected chi connectivity index (χ1v) is 13.3. The molecule has 0 spiro atoms. The highest BCUT2D eigenvalue weighted by Crippen LogP contribution is 2.37. The summed E-state index contributed by atoms with van der Waals surface area (Å²) in [4.78, 5) is 33.0. The highest BCUT2D eigenvalue weighted by Gasteiger charge is 2.37. The molecule has 0 N–H and O–H groups in total. The average Bonchev–Trinajstić information content (AvgIpc) is 2.87. The second kappa shape index (κ2) is 10.9. The van der Waals surface area contributed by atoms with E-state index < -0.39 is 35.9 Å². The third-order valence-electron chi connectivity index (χ3n) is 6.34. The number of carbonyl (C=O) groups excluding carboxylic acids is 2. The first-order valence-electron chi connectivity index (χ1n) is 11.9. The molecule has 1 aromatic heterocycles. The van der Waals surface area contributed by atoms with E-state index in [1.54, 1.807) is 23.1 Å². The predicted molar refractivity (Wildman–Crippen MR) is 139 cm³/mol. The molecule has 0 aliphatic carbocycles. The number of halogens is 6. The van der Waals surface area contributed by atoms with Crippen LogP contribution in [0.15, 0.2) is 54.7 Å². The molecule has 4 rings (SSSR count). The van der Waals surface area contributed by atoms with Crippen LogP contribution in [0.4, 0.5) is 32.2 Å². The van der Waals surface area contributed by atoms with Crippen molar-refractivity contribution in [1.29, 1.82) is 0 Å². The SMILES string of the molecule is Cc1ccccc1-c1cc(N2CC[SH2]CC2=O)ncc1C(=O)N(C)Cc1cc(C(F)(F)F)cc(C(F)(F)F)c1. The van der Waals surface area contributed by atoms with Gasteiger partial charge in [0, 0.05) is 26.3 Å². The Morgan fingerprint density at radius 3 is 2.23 bits per heavy atom. The van der Waals surface area contributed by atoms with E-state index in [2.05, 4.69) is 4.98 Å². The summed E-state index contributed by atoms with van der Waals surface area (Å²) < 4.78 is 79.9. The van der Waals surface area contributed by atoms with E-state index in [1.165, 1.54) is 13.2 Å². The number of aryl methyl sites for hydroxylation is 1. The molecule has 0 saturated carbocycles. The summed E-state index contributed by atoms with van der Waals surface area (Å²) in [5, 5.41) is 0. The molecule has 0 atom stereocenters. The maximum atomic E-state index is 13.5. The molecule has 3 aromatic rings. The number of alkyl halides is 6. The van der Waals surface area contributed by atoms with Crippen LogP contribution in [0, 0.1) is 6.92 Å². The topological polar surface area (TPSA) is 53.5 Å². The maximum absolute atomic E-state index is 13.5. The number of aromatic nitrogens is 1. The van der Waals surface area contributed by atoms with E-state index in [-0.39, 0.29) is 23.1 Å². The lowest BCUT2D eigenvalue weighted by Gasteiger charge is -2.28. The number of anilines is 1. The fourth-order valence-electron chi connectivity index (χ4n) is 4.37. The molecular weight excluding hydrogens is 544 g/mol. The van der Waals surface area contributed by atoms with Crippen LogP contribution in [0.2, 0.25) is 0 Å². The summed E-state index contributed by atoms with van der Waals surface area (Å²) in [5.41, 5.74) is -1.16. The molecule has 0 bridgehead atoms. The van der Waals surface area contributed by atoms with Crippen molar-refractivity contribution in [3.05, 3.63) is 82.5 Å². The number of hydrogen-bond donors (Lipinski definition) is 0. The zero-order chi connectivity index (χ0) is 28.5. The molecule has 5 nitrogen and oxygen atoms in total.